The Bertz CT molecular complexity index is 928. The highest BCUT2D eigenvalue weighted by atomic mass is 32.2. The number of amides is 1. The van der Waals surface area contributed by atoms with E-state index in [-0.39, 0.29) is 12.5 Å². The van der Waals surface area contributed by atoms with Crippen molar-refractivity contribution >= 4 is 27.3 Å². The molecule has 0 spiro atoms. The fourth-order valence-electron chi connectivity index (χ4n) is 2.99. The van der Waals surface area contributed by atoms with E-state index in [1.54, 1.807) is 12.1 Å². The van der Waals surface area contributed by atoms with Gasteiger partial charge in [-0.25, -0.2) is 13.1 Å². The molecule has 0 saturated heterocycles. The van der Waals surface area contributed by atoms with Crippen LogP contribution in [0.5, 0.6) is 0 Å². The molecule has 2 N–H and O–H groups in total. The van der Waals surface area contributed by atoms with Gasteiger partial charge in [0.1, 0.15) is 0 Å². The summed E-state index contributed by atoms with van der Waals surface area (Å²) in [6, 6.07) is 9.12. The van der Waals surface area contributed by atoms with Crippen molar-refractivity contribution in [3.8, 4) is 0 Å². The maximum absolute atomic E-state index is 12.5. The van der Waals surface area contributed by atoms with Crippen molar-refractivity contribution in [1.82, 2.24) is 9.71 Å². The molecule has 0 aliphatic carbocycles. The monoisotopic (exact) mass is 374 g/mol. The third kappa shape index (κ3) is 4.59. The largest absolute Gasteiger partial charge is 0.374 e. The zero-order chi connectivity index (χ0) is 18.7. The molecule has 1 aliphatic rings. The van der Waals surface area contributed by atoms with Crippen molar-refractivity contribution in [2.24, 2.45) is 0 Å². The number of hydrogen-bond donors (Lipinski definition) is 2. The Morgan fingerprint density at radius 2 is 2.08 bits per heavy atom. The second kappa shape index (κ2) is 7.43. The number of pyridine rings is 1. The first-order valence-corrected chi connectivity index (χ1v) is 10.3. The Morgan fingerprint density at radius 3 is 2.85 bits per heavy atom. The van der Waals surface area contributed by atoms with E-state index in [2.05, 4.69) is 27.0 Å². The van der Waals surface area contributed by atoms with Gasteiger partial charge in [0.2, 0.25) is 10.0 Å². The molecule has 3 rings (SSSR count). The van der Waals surface area contributed by atoms with E-state index in [0.29, 0.717) is 11.3 Å². The molecule has 138 valence electrons. The lowest BCUT2D eigenvalue weighted by Crippen LogP contribution is -2.24. The number of nitrogens with zero attached hydrogens (tertiary/aromatic N) is 2. The summed E-state index contributed by atoms with van der Waals surface area (Å²) < 4.78 is 24.7. The van der Waals surface area contributed by atoms with Gasteiger partial charge in [-0.1, -0.05) is 0 Å². The van der Waals surface area contributed by atoms with Gasteiger partial charge in [0, 0.05) is 36.7 Å². The highest BCUT2D eigenvalue weighted by Crippen LogP contribution is 2.28. The number of aryl methyl sites for hydroxylation is 1. The molecule has 0 unspecified atom stereocenters. The minimum absolute atomic E-state index is 0.0468. The van der Waals surface area contributed by atoms with E-state index in [1.807, 2.05) is 18.2 Å². The summed E-state index contributed by atoms with van der Waals surface area (Å²) in [5.74, 6) is -0.253. The Labute approximate surface area is 153 Å². The van der Waals surface area contributed by atoms with E-state index in [1.165, 1.54) is 17.4 Å². The Hall–Kier alpha value is -2.45. The number of nitrogens with one attached hydrogen (secondary N) is 2. The lowest BCUT2D eigenvalue weighted by molar-refractivity contribution is 0.102. The van der Waals surface area contributed by atoms with Crippen molar-refractivity contribution in [2.45, 2.75) is 19.4 Å². The molecule has 1 aromatic carbocycles. The summed E-state index contributed by atoms with van der Waals surface area (Å²) in [6.45, 7) is 1.09. The molecular weight excluding hydrogens is 352 g/mol. The fraction of sp³-hybridized carbons (Fsp3) is 0.333. The first kappa shape index (κ1) is 18.3. The molecule has 7 nitrogen and oxygen atoms in total. The van der Waals surface area contributed by atoms with Gasteiger partial charge in [-0.15, -0.1) is 0 Å². The number of carbonyl (C=O) groups is 1. The van der Waals surface area contributed by atoms with Crippen molar-refractivity contribution in [1.29, 1.82) is 0 Å². The summed E-state index contributed by atoms with van der Waals surface area (Å²) in [5, 5.41) is 2.90. The number of anilines is 2. The van der Waals surface area contributed by atoms with Gasteiger partial charge in [0.25, 0.3) is 5.91 Å². The predicted octanol–water partition coefficient (Wildman–Crippen LogP) is 1.77. The van der Waals surface area contributed by atoms with E-state index >= 15 is 0 Å². The molecule has 2 heterocycles. The summed E-state index contributed by atoms with van der Waals surface area (Å²) in [5.41, 5.74) is 4.09. The third-order valence-corrected chi connectivity index (χ3v) is 4.95. The second-order valence-electron chi connectivity index (χ2n) is 6.45. The standard InChI is InChI=1S/C18H22N4O3S/c1-22-9-3-4-13-10-15(5-6-17(13)22)21-18(23)14-7-8-19-16(11-14)12-20-26(2,24)25/h5-8,10-11,20H,3-4,9,12H2,1-2H3,(H,21,23). The third-order valence-electron chi connectivity index (χ3n) is 4.28. The molecule has 0 fully saturated rings. The number of hydrogen-bond acceptors (Lipinski definition) is 5. The lowest BCUT2D eigenvalue weighted by Gasteiger charge is -2.27. The van der Waals surface area contributed by atoms with E-state index in [9.17, 15) is 13.2 Å². The van der Waals surface area contributed by atoms with Gasteiger partial charge < -0.3 is 10.2 Å². The molecule has 26 heavy (non-hydrogen) atoms. The zero-order valence-corrected chi connectivity index (χ0v) is 15.6. The fourth-order valence-corrected chi connectivity index (χ4v) is 3.40. The average molecular weight is 374 g/mol. The van der Waals surface area contributed by atoms with E-state index < -0.39 is 10.0 Å². The summed E-state index contributed by atoms with van der Waals surface area (Å²) in [7, 11) is -1.24. The SMILES string of the molecule is CN1CCCc2cc(NC(=O)c3ccnc(CNS(C)(=O)=O)c3)ccc21. The van der Waals surface area contributed by atoms with Crippen LogP contribution in [-0.4, -0.2) is 39.2 Å². The molecule has 0 bridgehead atoms. The number of rotatable bonds is 5. The van der Waals surface area contributed by atoms with Crippen molar-refractivity contribution in [3.05, 3.63) is 53.3 Å². The maximum atomic E-state index is 12.5. The van der Waals surface area contributed by atoms with Gasteiger partial charge in [0.05, 0.1) is 18.5 Å². The minimum atomic E-state index is -3.31. The van der Waals surface area contributed by atoms with Crippen LogP contribution in [0.1, 0.15) is 28.0 Å². The number of benzene rings is 1. The second-order valence-corrected chi connectivity index (χ2v) is 8.28. The first-order chi connectivity index (χ1) is 12.3. The zero-order valence-electron chi connectivity index (χ0n) is 14.8. The highest BCUT2D eigenvalue weighted by molar-refractivity contribution is 7.88. The lowest BCUT2D eigenvalue weighted by atomic mass is 10.0. The topological polar surface area (TPSA) is 91.4 Å². The smallest absolute Gasteiger partial charge is 0.255 e. The molecule has 0 radical (unpaired) electrons. The number of carbonyl (C=O) groups excluding carboxylic acids is 1. The number of aromatic nitrogens is 1. The molecule has 1 aliphatic heterocycles. The van der Waals surface area contributed by atoms with Crippen LogP contribution in [0.2, 0.25) is 0 Å². The van der Waals surface area contributed by atoms with E-state index in [4.69, 9.17) is 0 Å². The van der Waals surface area contributed by atoms with Crippen LogP contribution in [0.4, 0.5) is 11.4 Å². The van der Waals surface area contributed by atoms with Crippen molar-refractivity contribution in [3.63, 3.8) is 0 Å². The van der Waals surface area contributed by atoms with Gasteiger partial charge in [-0.2, -0.15) is 0 Å². The van der Waals surface area contributed by atoms with Gasteiger partial charge in [-0.05, 0) is 48.7 Å². The van der Waals surface area contributed by atoms with Crippen LogP contribution in [0.25, 0.3) is 0 Å². The maximum Gasteiger partial charge on any atom is 0.255 e. The molecule has 2 aromatic rings. The van der Waals surface area contributed by atoms with E-state index in [0.717, 1.165) is 31.3 Å². The first-order valence-electron chi connectivity index (χ1n) is 8.37. The highest BCUT2D eigenvalue weighted by Gasteiger charge is 2.15. The predicted molar refractivity (Wildman–Crippen MR) is 102 cm³/mol. The minimum Gasteiger partial charge on any atom is -0.374 e. The number of fused-ring (bicyclic) bond motifs is 1. The Kier molecular flexibility index (Phi) is 5.24. The van der Waals surface area contributed by atoms with Crippen LogP contribution >= 0.6 is 0 Å². The Morgan fingerprint density at radius 1 is 1.27 bits per heavy atom. The van der Waals surface area contributed by atoms with Crippen molar-refractivity contribution in [2.75, 3.05) is 30.1 Å². The molecule has 1 amide bonds. The van der Waals surface area contributed by atoms with Crippen LogP contribution in [0, 0.1) is 0 Å². The van der Waals surface area contributed by atoms with Crippen LogP contribution in [0.3, 0.4) is 0 Å². The average Bonchev–Trinajstić information content (AvgIpc) is 2.60. The molecule has 1 aromatic heterocycles. The van der Waals surface area contributed by atoms with Gasteiger partial charge in [-0.3, -0.25) is 9.78 Å². The quantitative estimate of drug-likeness (QED) is 0.832. The normalized spacial score (nSPS) is 14.0. The van der Waals surface area contributed by atoms with Crippen LogP contribution in [-0.2, 0) is 23.0 Å². The van der Waals surface area contributed by atoms with Crippen LogP contribution in [0.15, 0.2) is 36.5 Å². The molecular formula is C18H22N4O3S. The van der Waals surface area contributed by atoms with Gasteiger partial charge >= 0.3 is 0 Å². The molecule has 8 heteroatoms. The Balaban J connectivity index is 1.72. The number of sulfonamides is 1. The summed E-state index contributed by atoms with van der Waals surface area (Å²) >= 11 is 0. The molecule has 0 saturated carbocycles. The summed E-state index contributed by atoms with van der Waals surface area (Å²) in [6.07, 6.45) is 4.68. The van der Waals surface area contributed by atoms with Crippen molar-refractivity contribution < 1.29 is 13.2 Å². The van der Waals surface area contributed by atoms with Gasteiger partial charge in [0.15, 0.2) is 0 Å². The summed E-state index contributed by atoms with van der Waals surface area (Å²) in [4.78, 5) is 18.8. The van der Waals surface area contributed by atoms with Crippen LogP contribution < -0.4 is 14.9 Å². The molecule has 0 atom stereocenters.